The number of H-pyrrole nitrogens is 1. The van der Waals surface area contributed by atoms with Crippen LogP contribution in [0, 0.1) is 6.92 Å². The highest BCUT2D eigenvalue weighted by molar-refractivity contribution is 7.66. The average molecular weight is 494 g/mol. The maximum atomic E-state index is 11.9. The molecule has 1 aromatic rings. The number of aromatic nitrogens is 2. The summed E-state index contributed by atoms with van der Waals surface area (Å²) in [5.41, 5.74) is -1.26. The normalized spacial score (nSPS) is 26.8. The molecule has 1 aromatic heterocycles. The lowest BCUT2D eigenvalue weighted by molar-refractivity contribution is -0.0450. The second-order valence-corrected chi connectivity index (χ2v) is 10.2. The van der Waals surface area contributed by atoms with Crippen LogP contribution in [0.1, 0.15) is 18.2 Å². The summed E-state index contributed by atoms with van der Waals surface area (Å²) in [4.78, 5) is 60.6. The first-order valence-electron chi connectivity index (χ1n) is 7.52. The molecular weight excluding hydrogens is 477 g/mol. The van der Waals surface area contributed by atoms with Crippen molar-refractivity contribution in [2.24, 2.45) is 0 Å². The zero-order valence-electron chi connectivity index (χ0n) is 14.4. The van der Waals surface area contributed by atoms with E-state index in [4.69, 9.17) is 19.4 Å². The molecule has 1 fully saturated rings. The van der Waals surface area contributed by atoms with Gasteiger partial charge in [-0.3, -0.25) is 18.9 Å². The second-order valence-electron chi connectivity index (χ2n) is 5.80. The van der Waals surface area contributed by atoms with Gasteiger partial charge in [0.05, 0.1) is 12.7 Å². The van der Waals surface area contributed by atoms with E-state index in [1.165, 1.54) is 13.1 Å². The Kier molecular flexibility index (Phi) is 7.23. The number of ether oxygens (including phenoxy) is 1. The van der Waals surface area contributed by atoms with E-state index in [0.717, 1.165) is 4.57 Å². The van der Waals surface area contributed by atoms with Crippen molar-refractivity contribution in [2.75, 3.05) is 6.61 Å². The van der Waals surface area contributed by atoms with Crippen LogP contribution in [0.15, 0.2) is 15.8 Å². The lowest BCUT2D eigenvalue weighted by Crippen LogP contribution is -2.33. The van der Waals surface area contributed by atoms with Crippen LogP contribution in [0.2, 0.25) is 0 Å². The van der Waals surface area contributed by atoms with Crippen molar-refractivity contribution in [3.8, 4) is 0 Å². The fraction of sp³-hybridized carbons (Fsp3) is 0.600. The Labute approximate surface area is 161 Å². The number of aromatic amines is 1. The Balaban J connectivity index is 2.03. The summed E-state index contributed by atoms with van der Waals surface area (Å²) in [6.07, 6.45) is -2.67. The molecule has 0 spiro atoms. The second kappa shape index (κ2) is 8.63. The van der Waals surface area contributed by atoms with Crippen LogP contribution in [-0.2, 0) is 31.6 Å². The van der Waals surface area contributed by atoms with Crippen LogP contribution in [0.4, 0.5) is 0 Å². The van der Waals surface area contributed by atoms with Crippen molar-refractivity contribution in [2.45, 2.75) is 31.8 Å². The largest absolute Gasteiger partial charge is 0.490 e. The van der Waals surface area contributed by atoms with Crippen molar-refractivity contribution in [1.82, 2.24) is 9.55 Å². The molecule has 16 nitrogen and oxygen atoms in total. The van der Waals surface area contributed by atoms with Gasteiger partial charge in [-0.05, 0) is 6.92 Å². The molecule has 19 heteroatoms. The molecule has 2 heterocycles. The van der Waals surface area contributed by atoms with E-state index in [1.807, 2.05) is 4.98 Å². The minimum absolute atomic E-state index is 0.171. The van der Waals surface area contributed by atoms with Gasteiger partial charge in [-0.2, -0.15) is 8.62 Å². The van der Waals surface area contributed by atoms with E-state index in [0.29, 0.717) is 0 Å². The summed E-state index contributed by atoms with van der Waals surface area (Å²) in [6, 6.07) is 0. The third-order valence-corrected chi connectivity index (χ3v) is 7.28. The minimum Gasteiger partial charge on any atom is -0.390 e. The summed E-state index contributed by atoms with van der Waals surface area (Å²) in [5.74, 6) is 0. The summed E-state index contributed by atoms with van der Waals surface area (Å²) in [5, 5.41) is 9.98. The number of aliphatic hydroxyl groups is 1. The van der Waals surface area contributed by atoms with Gasteiger partial charge < -0.3 is 29.4 Å². The Morgan fingerprint density at radius 3 is 2.38 bits per heavy atom. The summed E-state index contributed by atoms with van der Waals surface area (Å²) < 4.78 is 51.3. The highest BCUT2D eigenvalue weighted by Crippen LogP contribution is 2.66. The summed E-state index contributed by atoms with van der Waals surface area (Å²) in [7, 11) is -16.6. The van der Waals surface area contributed by atoms with Crippen molar-refractivity contribution in [3.63, 3.8) is 0 Å². The van der Waals surface area contributed by atoms with Gasteiger partial charge in [-0.1, -0.05) is 0 Å². The van der Waals surface area contributed by atoms with E-state index in [9.17, 15) is 33.3 Å². The fourth-order valence-corrected chi connectivity index (χ4v) is 5.34. The lowest BCUT2D eigenvalue weighted by Gasteiger charge is -2.19. The predicted molar refractivity (Wildman–Crippen MR) is 90.4 cm³/mol. The van der Waals surface area contributed by atoms with Gasteiger partial charge in [-0.15, -0.1) is 0 Å². The Morgan fingerprint density at radius 2 is 1.79 bits per heavy atom. The van der Waals surface area contributed by atoms with Crippen LogP contribution in [-0.4, -0.2) is 53.0 Å². The molecule has 0 aromatic carbocycles. The molecule has 29 heavy (non-hydrogen) atoms. The van der Waals surface area contributed by atoms with E-state index in [2.05, 4.69) is 13.1 Å². The number of aryl methyl sites for hydroxylation is 1. The monoisotopic (exact) mass is 494 g/mol. The molecule has 0 aliphatic carbocycles. The van der Waals surface area contributed by atoms with Crippen LogP contribution >= 0.6 is 23.5 Å². The SMILES string of the molecule is [13CH3][13c]1[13cH][15n]([13C@H]2[13CH2][13C@@H](O)[13C@@H]([13CH2]OP(=O)(O)OP(=O)(O)OP(=O)(O)O)O2)[13c](=O)[15nH][13c]1=O. The van der Waals surface area contributed by atoms with Crippen LogP contribution < -0.4 is 11.2 Å². The van der Waals surface area contributed by atoms with Crippen molar-refractivity contribution < 1.29 is 56.3 Å². The number of hydrogen-bond acceptors (Lipinski definition) is 10. The van der Waals surface area contributed by atoms with Gasteiger partial charge in [0.1, 0.15) is 12.3 Å². The molecular formula is C10H17N2O14P3. The third-order valence-electron chi connectivity index (χ3n) is 3.48. The van der Waals surface area contributed by atoms with Gasteiger partial charge >= 0.3 is 29.2 Å². The van der Waals surface area contributed by atoms with E-state index < -0.39 is 59.8 Å². The number of nitrogens with one attached hydrogen (secondary N) is 1. The van der Waals surface area contributed by atoms with Crippen LogP contribution in [0.25, 0.3) is 0 Å². The molecule has 0 bridgehead atoms. The smallest absolute Gasteiger partial charge is 0.390 e. The number of hydrogen-bond donors (Lipinski definition) is 6. The zero-order valence-corrected chi connectivity index (χ0v) is 17.1. The molecule has 1 aliphatic rings. The minimum atomic E-state index is -5.67. The zero-order chi connectivity index (χ0) is 22.2. The first-order valence-corrected chi connectivity index (χ1v) is 12.0. The molecule has 2 unspecified atom stereocenters. The van der Waals surface area contributed by atoms with Gasteiger partial charge in [0.25, 0.3) is 5.56 Å². The molecule has 5 atom stereocenters. The number of phosphoric acid groups is 3. The Bertz CT molecular complexity index is 1010. The maximum absolute atomic E-state index is 11.9. The van der Waals surface area contributed by atoms with Gasteiger partial charge in [-0.25, -0.2) is 18.5 Å². The van der Waals surface area contributed by atoms with E-state index >= 15 is 0 Å². The number of aliphatic hydroxyl groups excluding tert-OH is 1. The van der Waals surface area contributed by atoms with Gasteiger partial charge in [0, 0.05) is 18.2 Å². The lowest BCUT2D eigenvalue weighted by atomic mass is 11.1. The number of nitrogens with zero attached hydrogens (tertiary/aromatic N) is 1. The van der Waals surface area contributed by atoms with E-state index in [1.54, 1.807) is 0 Å². The molecule has 1 aliphatic heterocycles. The first kappa shape index (κ1) is 24.3. The molecule has 6 N–H and O–H groups in total. The van der Waals surface area contributed by atoms with Crippen molar-refractivity contribution in [1.29, 1.82) is 0 Å². The third kappa shape index (κ3) is 7.03. The molecule has 166 valence electrons. The molecule has 0 saturated carbocycles. The van der Waals surface area contributed by atoms with Crippen LogP contribution in [0.3, 0.4) is 0 Å². The number of phosphoric ester groups is 1. The highest BCUT2D eigenvalue weighted by Gasteiger charge is 2.42. The Morgan fingerprint density at radius 1 is 1.17 bits per heavy atom. The van der Waals surface area contributed by atoms with E-state index in [-0.39, 0.29) is 12.0 Å². The summed E-state index contributed by atoms with van der Waals surface area (Å²) >= 11 is 0. The van der Waals surface area contributed by atoms with Gasteiger partial charge in [0.15, 0.2) is 0 Å². The molecule has 2 rings (SSSR count). The number of rotatable bonds is 8. The van der Waals surface area contributed by atoms with Gasteiger partial charge in [0.2, 0.25) is 0 Å². The highest BCUT2D eigenvalue weighted by atomic mass is 31.3. The molecule has 0 radical (unpaired) electrons. The summed E-state index contributed by atoms with van der Waals surface area (Å²) in [6.45, 7) is 0.547. The first-order chi connectivity index (χ1) is 13.1. The van der Waals surface area contributed by atoms with Crippen LogP contribution in [0.5, 0.6) is 0 Å². The van der Waals surface area contributed by atoms with Crippen molar-refractivity contribution >= 4 is 23.5 Å². The molecule has 0 amide bonds. The quantitative estimate of drug-likeness (QED) is 0.184. The Hall–Kier alpha value is -0.990. The topological polar surface area (TPSA) is 244 Å². The standard InChI is InChI=1S/C10H17N2O14P3/c1-5-3-12(10(15)11-9(5)14)8-2-6(13)7(24-8)4-23-28(19,20)26-29(21,22)25-27(16,17)18/h3,6-8,13H,2,4H2,1H3,(H,19,20)(H,21,22)(H,11,14,15)(H2,16,17,18)/t6-,7-,8-/m1/s1/i1+1,2+1,3+1,4+1,5+1,6+1,7+1,8+1,9+1,10+1,11+1,12+1. The predicted octanol–water partition coefficient (Wildman–Crippen LogP) is -1.16. The fourth-order valence-electron chi connectivity index (χ4n) is 2.31. The molecule has 1 saturated heterocycles. The van der Waals surface area contributed by atoms with Crippen molar-refractivity contribution in [3.05, 3.63) is 32.6 Å². The average Bonchev–Trinajstić information content (AvgIpc) is 2.86. The maximum Gasteiger partial charge on any atom is 0.490 e.